The second kappa shape index (κ2) is 1.77. The average Bonchev–Trinajstić information content (AvgIpc) is 1.77. The summed E-state index contributed by atoms with van der Waals surface area (Å²) in [5, 5.41) is 1.79. The third-order valence-corrected chi connectivity index (χ3v) is 0.980. The summed E-state index contributed by atoms with van der Waals surface area (Å²) in [5.74, 6) is 0. The first-order chi connectivity index (χ1) is 3.79. The molecular weight excluding hydrogens is 96.1 g/mol. The maximum absolute atomic E-state index is 5.40. The Morgan fingerprint density at radius 1 is 1.12 bits per heavy atom. The quantitative estimate of drug-likeness (QED) is 0.416. The second-order valence-electron chi connectivity index (χ2n) is 1.74. The van der Waals surface area contributed by atoms with Crippen LogP contribution in [-0.4, -0.2) is 0 Å². The molecule has 0 bridgehead atoms. The van der Waals surface area contributed by atoms with E-state index in [1.807, 2.05) is 24.3 Å². The van der Waals surface area contributed by atoms with E-state index in [1.165, 1.54) is 0 Å². The first kappa shape index (κ1) is 5.02. The van der Waals surface area contributed by atoms with Gasteiger partial charge < -0.3 is 0 Å². The zero-order chi connectivity index (χ0) is 5.98. The molecule has 0 fully saturated rings. The fourth-order valence-electron chi connectivity index (χ4n) is 0.518. The van der Waals surface area contributed by atoms with E-state index >= 15 is 0 Å². The molecule has 0 heterocycles. The Hall–Kier alpha value is -1.13. The van der Waals surface area contributed by atoms with Gasteiger partial charge in [0, 0.05) is 18.7 Å². The van der Waals surface area contributed by atoms with Gasteiger partial charge in [-0.2, -0.15) is 0 Å². The maximum Gasteiger partial charge on any atom is 0.180 e. The average molecular weight is 103 g/mol. The number of benzene rings is 1. The van der Waals surface area contributed by atoms with E-state index in [0.717, 1.165) is 10.4 Å². The standard InChI is InChI=1S/C8H7/c1-7-3-5-8(2)6-4-7/h1,3-6H,2H2/q+1. The highest BCUT2D eigenvalue weighted by molar-refractivity contribution is 5.13. The van der Waals surface area contributed by atoms with Crippen molar-refractivity contribution in [3.8, 4) is 0 Å². The lowest BCUT2D eigenvalue weighted by atomic mass is 10.3. The van der Waals surface area contributed by atoms with Crippen LogP contribution in [0.25, 0.3) is 13.2 Å². The monoisotopic (exact) mass is 103 g/mol. The zero-order valence-electron chi connectivity index (χ0n) is 4.59. The summed E-state index contributed by atoms with van der Waals surface area (Å²) in [6.07, 6.45) is 0. The van der Waals surface area contributed by atoms with Crippen molar-refractivity contribution in [3.05, 3.63) is 34.7 Å². The molecule has 0 N–H and O–H groups in total. The van der Waals surface area contributed by atoms with Crippen molar-refractivity contribution in [1.29, 1.82) is 0 Å². The van der Waals surface area contributed by atoms with Crippen molar-refractivity contribution in [2.75, 3.05) is 0 Å². The van der Waals surface area contributed by atoms with E-state index in [-0.39, 0.29) is 0 Å². The first-order valence-corrected chi connectivity index (χ1v) is 2.46. The van der Waals surface area contributed by atoms with Gasteiger partial charge in [0.2, 0.25) is 0 Å². The molecule has 0 aliphatic rings. The predicted molar refractivity (Wildman–Crippen MR) is 35.7 cm³/mol. The van der Waals surface area contributed by atoms with Gasteiger partial charge in [-0.25, -0.2) is 0 Å². The van der Waals surface area contributed by atoms with Crippen LogP contribution in [0.15, 0.2) is 24.3 Å². The molecule has 0 saturated heterocycles. The first-order valence-electron chi connectivity index (χ1n) is 2.46. The van der Waals surface area contributed by atoms with Gasteiger partial charge in [0.15, 0.2) is 5.22 Å². The fourth-order valence-corrected chi connectivity index (χ4v) is 0.518. The topological polar surface area (TPSA) is 0 Å². The van der Waals surface area contributed by atoms with Crippen LogP contribution in [0.3, 0.4) is 0 Å². The predicted octanol–water partition coefficient (Wildman–Crippen LogP) is 0.384. The van der Waals surface area contributed by atoms with Gasteiger partial charge >= 0.3 is 0 Å². The molecular formula is C8H7+. The van der Waals surface area contributed by atoms with Crippen molar-refractivity contribution in [2.45, 2.75) is 0 Å². The van der Waals surface area contributed by atoms with Gasteiger partial charge in [0.25, 0.3) is 0 Å². The molecule has 0 radical (unpaired) electrons. The highest BCUT2D eigenvalue weighted by Gasteiger charge is 1.79. The number of hydrogen-bond acceptors (Lipinski definition) is 0. The van der Waals surface area contributed by atoms with Crippen LogP contribution in [-0.2, 0) is 0 Å². The smallest absolute Gasteiger partial charge is 0.0894 e. The van der Waals surface area contributed by atoms with Gasteiger partial charge in [-0.1, -0.05) is 6.58 Å². The van der Waals surface area contributed by atoms with Crippen molar-refractivity contribution in [1.82, 2.24) is 0 Å². The Balaban J connectivity index is 3.44. The molecule has 1 aromatic rings. The minimum absolute atomic E-state index is 0.789. The minimum Gasteiger partial charge on any atom is -0.0894 e. The molecule has 0 unspecified atom stereocenters. The van der Waals surface area contributed by atoms with Crippen LogP contribution in [0, 0.1) is 0 Å². The van der Waals surface area contributed by atoms with Crippen LogP contribution < -0.4 is 10.4 Å². The van der Waals surface area contributed by atoms with Gasteiger partial charge in [0.05, 0.1) is 12.1 Å². The van der Waals surface area contributed by atoms with Crippen molar-refractivity contribution in [2.24, 2.45) is 0 Å². The molecule has 0 heteroatoms. The molecule has 0 amide bonds. The lowest BCUT2D eigenvalue weighted by Gasteiger charge is -1.70. The van der Waals surface area contributed by atoms with E-state index in [2.05, 4.69) is 6.58 Å². The lowest BCUT2D eigenvalue weighted by Crippen LogP contribution is -2.02. The summed E-state index contributed by atoms with van der Waals surface area (Å²) in [5.41, 5.74) is 0. The van der Waals surface area contributed by atoms with Crippen LogP contribution in [0.1, 0.15) is 0 Å². The highest BCUT2D eigenvalue weighted by atomic mass is 13.8. The number of hydrogen-bond donors (Lipinski definition) is 0. The van der Waals surface area contributed by atoms with E-state index < -0.39 is 0 Å². The highest BCUT2D eigenvalue weighted by Crippen LogP contribution is 1.62. The minimum atomic E-state index is 0.789. The van der Waals surface area contributed by atoms with Gasteiger partial charge in [0.1, 0.15) is 0 Å². The zero-order valence-corrected chi connectivity index (χ0v) is 4.59. The lowest BCUT2D eigenvalue weighted by molar-refractivity contribution is 1.57. The third-order valence-electron chi connectivity index (χ3n) is 0.980. The number of rotatable bonds is 0. The second-order valence-corrected chi connectivity index (χ2v) is 1.74. The molecule has 0 spiro atoms. The third kappa shape index (κ3) is 0.927. The molecule has 0 aliphatic carbocycles. The van der Waals surface area contributed by atoms with Crippen LogP contribution in [0.5, 0.6) is 0 Å². The molecule has 8 heavy (non-hydrogen) atoms. The molecule has 0 nitrogen and oxygen atoms in total. The van der Waals surface area contributed by atoms with Crippen LogP contribution in [0.2, 0.25) is 0 Å². The fraction of sp³-hybridized carbons (Fsp3) is 0. The molecule has 1 rings (SSSR count). The molecule has 1 aromatic carbocycles. The van der Waals surface area contributed by atoms with Gasteiger partial charge in [-0.15, -0.1) is 0 Å². The summed E-state index contributed by atoms with van der Waals surface area (Å²) < 4.78 is 0. The van der Waals surface area contributed by atoms with Crippen LogP contribution in [0.4, 0.5) is 0 Å². The Kier molecular flexibility index (Phi) is 1.11. The molecule has 0 saturated carbocycles. The van der Waals surface area contributed by atoms with Crippen molar-refractivity contribution < 1.29 is 0 Å². The Labute approximate surface area is 48.8 Å². The molecule has 0 aromatic heterocycles. The summed E-state index contributed by atoms with van der Waals surface area (Å²) >= 11 is 0. The summed E-state index contributed by atoms with van der Waals surface area (Å²) in [7, 11) is 0. The summed E-state index contributed by atoms with van der Waals surface area (Å²) in [4.78, 5) is 0. The Bertz CT molecular complexity index is 207. The Morgan fingerprint density at radius 2 is 1.62 bits per heavy atom. The SMILES string of the molecule is [CH+]=c1ccc(=C)cc1. The maximum atomic E-state index is 5.40. The van der Waals surface area contributed by atoms with Crippen molar-refractivity contribution in [3.63, 3.8) is 0 Å². The molecule has 0 atom stereocenters. The molecule has 0 aliphatic heterocycles. The van der Waals surface area contributed by atoms with Crippen molar-refractivity contribution >= 4 is 13.2 Å². The summed E-state index contributed by atoms with van der Waals surface area (Å²) in [6, 6.07) is 7.44. The van der Waals surface area contributed by atoms with Gasteiger partial charge in [-0.05, 0) is 5.22 Å². The molecule has 38 valence electrons. The normalized spacial score (nSPS) is 8.88. The van der Waals surface area contributed by atoms with E-state index in [0.29, 0.717) is 0 Å². The van der Waals surface area contributed by atoms with E-state index in [9.17, 15) is 0 Å². The Morgan fingerprint density at radius 3 is 2.00 bits per heavy atom. The van der Waals surface area contributed by atoms with Gasteiger partial charge in [-0.3, -0.25) is 0 Å². The van der Waals surface area contributed by atoms with E-state index in [4.69, 9.17) is 6.58 Å². The van der Waals surface area contributed by atoms with E-state index in [1.54, 1.807) is 0 Å². The van der Waals surface area contributed by atoms with Crippen LogP contribution >= 0.6 is 0 Å². The largest absolute Gasteiger partial charge is 0.180 e. The summed E-state index contributed by atoms with van der Waals surface area (Å²) in [6.45, 7) is 9.10.